The third-order valence-electron chi connectivity index (χ3n) is 5.31. The minimum absolute atomic E-state index is 0.992. The molecule has 4 aromatic carbocycles. The van der Waals surface area contributed by atoms with Crippen molar-refractivity contribution in [2.75, 3.05) is 4.90 Å². The Morgan fingerprint density at radius 2 is 1.33 bits per heavy atom. The predicted octanol–water partition coefficient (Wildman–Crippen LogP) is 9.16. The van der Waals surface area contributed by atoms with Gasteiger partial charge in [0.1, 0.15) is 0 Å². The Hall–Kier alpha value is -2.88. The Kier molecular flexibility index (Phi) is 4.93. The van der Waals surface area contributed by atoms with E-state index in [0.717, 1.165) is 21.5 Å². The second-order valence-electron chi connectivity index (χ2n) is 7.40. The molecule has 0 fully saturated rings. The van der Waals surface area contributed by atoms with Gasteiger partial charge in [-0.1, -0.05) is 71.0 Å². The van der Waals surface area contributed by atoms with Crippen LogP contribution in [0.5, 0.6) is 0 Å². The lowest BCUT2D eigenvalue weighted by molar-refractivity contribution is 1.17. The number of hydrogen-bond acceptors (Lipinski definition) is 2. The predicted molar refractivity (Wildman–Crippen MR) is 136 cm³/mol. The number of nitrogens with zero attached hydrogens (tertiary/aromatic N) is 1. The molecule has 0 radical (unpaired) electrons. The van der Waals surface area contributed by atoms with Gasteiger partial charge in [0.05, 0.1) is 0 Å². The molecule has 0 spiro atoms. The summed E-state index contributed by atoms with van der Waals surface area (Å²) in [5.74, 6) is 0. The van der Waals surface area contributed by atoms with Crippen LogP contribution >= 0.6 is 27.3 Å². The summed E-state index contributed by atoms with van der Waals surface area (Å²) in [6.07, 6.45) is 0. The fourth-order valence-corrected chi connectivity index (χ4v) is 5.29. The monoisotopic (exact) mass is 469 g/mol. The molecule has 30 heavy (non-hydrogen) atoms. The Balaban J connectivity index is 1.54. The molecule has 0 bridgehead atoms. The summed E-state index contributed by atoms with van der Waals surface area (Å²) in [7, 11) is 0. The number of fused-ring (bicyclic) bond motifs is 3. The van der Waals surface area contributed by atoms with Crippen molar-refractivity contribution >= 4 is 58.8 Å². The molecule has 0 unspecified atom stereocenters. The summed E-state index contributed by atoms with van der Waals surface area (Å²) >= 11 is 5.34. The van der Waals surface area contributed by atoms with Gasteiger partial charge in [0.15, 0.2) is 0 Å². The van der Waals surface area contributed by atoms with Gasteiger partial charge in [-0.2, -0.15) is 0 Å². The molecule has 1 aromatic heterocycles. The van der Waals surface area contributed by atoms with Crippen LogP contribution in [-0.4, -0.2) is 0 Å². The third-order valence-corrected chi connectivity index (χ3v) is 6.97. The first-order valence-electron chi connectivity index (χ1n) is 9.83. The van der Waals surface area contributed by atoms with Crippen LogP contribution < -0.4 is 4.90 Å². The van der Waals surface area contributed by atoms with Gasteiger partial charge in [-0.3, -0.25) is 0 Å². The molecule has 0 aliphatic rings. The largest absolute Gasteiger partial charge is 0.315 e. The first kappa shape index (κ1) is 19.1. The summed E-state index contributed by atoms with van der Waals surface area (Å²) in [5.41, 5.74) is 5.65. The number of halogens is 1. The highest BCUT2D eigenvalue weighted by Gasteiger charge is 2.13. The first-order chi connectivity index (χ1) is 14.6. The molecular formula is C27H20BrNS. The van der Waals surface area contributed by atoms with Crippen LogP contribution in [0.15, 0.2) is 108 Å². The van der Waals surface area contributed by atoms with Gasteiger partial charge in [-0.05, 0) is 60.5 Å². The molecule has 0 amide bonds. The summed E-state index contributed by atoms with van der Waals surface area (Å²) in [6.45, 7) is 6.30. The van der Waals surface area contributed by atoms with E-state index in [0.29, 0.717) is 0 Å². The number of rotatable bonds is 4. The van der Waals surface area contributed by atoms with Crippen LogP contribution in [0.2, 0.25) is 0 Å². The molecular weight excluding hydrogens is 450 g/mol. The maximum Gasteiger partial charge on any atom is 0.0472 e. The van der Waals surface area contributed by atoms with Crippen molar-refractivity contribution in [1.82, 2.24) is 0 Å². The Labute approximate surface area is 189 Å². The summed E-state index contributed by atoms with van der Waals surface area (Å²) in [6, 6.07) is 32.4. The van der Waals surface area contributed by atoms with Crippen molar-refractivity contribution in [3.05, 3.63) is 108 Å². The summed E-state index contributed by atoms with van der Waals surface area (Å²) in [4.78, 5) is 2.22. The number of benzene rings is 4. The van der Waals surface area contributed by atoms with Gasteiger partial charge in [-0.25, -0.2) is 0 Å². The van der Waals surface area contributed by atoms with Crippen LogP contribution in [0.25, 0.3) is 31.3 Å². The molecule has 0 aliphatic heterocycles. The first-order valence-corrected chi connectivity index (χ1v) is 11.4. The topological polar surface area (TPSA) is 3.24 Å². The van der Waals surface area contributed by atoms with Crippen LogP contribution in [0.1, 0.15) is 6.92 Å². The van der Waals surface area contributed by atoms with Gasteiger partial charge in [-0.15, -0.1) is 11.3 Å². The number of allylic oxidation sites excluding steroid dienone is 1. The van der Waals surface area contributed by atoms with Crippen molar-refractivity contribution in [1.29, 1.82) is 0 Å². The van der Waals surface area contributed by atoms with Crippen molar-refractivity contribution in [2.24, 2.45) is 0 Å². The van der Waals surface area contributed by atoms with E-state index >= 15 is 0 Å². The zero-order valence-electron chi connectivity index (χ0n) is 16.6. The quantitative estimate of drug-likeness (QED) is 0.253. The highest BCUT2D eigenvalue weighted by atomic mass is 79.9. The smallest absolute Gasteiger partial charge is 0.0472 e. The lowest BCUT2D eigenvalue weighted by Crippen LogP contribution is -2.13. The van der Waals surface area contributed by atoms with E-state index in [1.54, 1.807) is 0 Å². The molecule has 5 aromatic rings. The van der Waals surface area contributed by atoms with Crippen LogP contribution in [-0.2, 0) is 0 Å². The van der Waals surface area contributed by atoms with Crippen LogP contribution in [0.3, 0.4) is 0 Å². The van der Waals surface area contributed by atoms with Gasteiger partial charge in [0.25, 0.3) is 0 Å². The van der Waals surface area contributed by atoms with E-state index in [-0.39, 0.29) is 0 Å². The summed E-state index contributed by atoms with van der Waals surface area (Å²) in [5, 5.41) is 2.64. The number of hydrogen-bond donors (Lipinski definition) is 0. The molecule has 0 saturated heterocycles. The maximum atomic E-state index is 4.25. The lowest BCUT2D eigenvalue weighted by atomic mass is 10.0. The second-order valence-corrected chi connectivity index (χ2v) is 9.40. The zero-order chi connectivity index (χ0) is 20.7. The average molecular weight is 470 g/mol. The van der Waals surface area contributed by atoms with E-state index in [4.69, 9.17) is 0 Å². The van der Waals surface area contributed by atoms with Gasteiger partial charge < -0.3 is 4.90 Å². The zero-order valence-corrected chi connectivity index (χ0v) is 19.0. The second kappa shape index (κ2) is 7.75. The molecule has 1 heterocycles. The van der Waals surface area contributed by atoms with E-state index < -0.39 is 0 Å². The lowest BCUT2D eigenvalue weighted by Gasteiger charge is -2.25. The number of anilines is 2. The van der Waals surface area contributed by atoms with Crippen LogP contribution in [0, 0.1) is 0 Å². The molecule has 1 nitrogen and oxygen atoms in total. The van der Waals surface area contributed by atoms with Crippen molar-refractivity contribution < 1.29 is 0 Å². The molecule has 0 aliphatic carbocycles. The average Bonchev–Trinajstić information content (AvgIpc) is 3.13. The van der Waals surface area contributed by atoms with E-state index in [1.807, 2.05) is 11.3 Å². The minimum Gasteiger partial charge on any atom is -0.315 e. The SMILES string of the molecule is C=C(C)N(c1ccc(-c2ccc(Br)cc2)cc1)c1ccc2c(c1)sc1ccccc12. The standard InChI is InChI=1S/C27H20BrNS/c1-18(2)29(22-13-9-20(10-14-22)19-7-11-21(28)12-8-19)23-15-16-25-24-5-3-4-6-26(24)30-27(25)17-23/h3-17H,1H2,2H3. The minimum atomic E-state index is 0.992. The van der Waals surface area contributed by atoms with Crippen molar-refractivity contribution in [3.63, 3.8) is 0 Å². The van der Waals surface area contributed by atoms with E-state index in [9.17, 15) is 0 Å². The highest BCUT2D eigenvalue weighted by Crippen LogP contribution is 2.38. The molecule has 3 heteroatoms. The van der Waals surface area contributed by atoms with Gasteiger partial charge in [0.2, 0.25) is 0 Å². The van der Waals surface area contributed by atoms with E-state index in [2.05, 4.69) is 125 Å². The molecule has 0 atom stereocenters. The van der Waals surface area contributed by atoms with E-state index in [1.165, 1.54) is 31.3 Å². The molecule has 0 saturated carbocycles. The molecule has 5 rings (SSSR count). The van der Waals surface area contributed by atoms with Gasteiger partial charge >= 0.3 is 0 Å². The van der Waals surface area contributed by atoms with Crippen molar-refractivity contribution in [3.8, 4) is 11.1 Å². The summed E-state index contributed by atoms with van der Waals surface area (Å²) < 4.78 is 3.71. The van der Waals surface area contributed by atoms with Crippen LogP contribution in [0.4, 0.5) is 11.4 Å². The molecule has 146 valence electrons. The van der Waals surface area contributed by atoms with Gasteiger partial charge in [0, 0.05) is 41.7 Å². The maximum absolute atomic E-state index is 4.25. The fraction of sp³-hybridized carbons (Fsp3) is 0.0370. The Bertz CT molecular complexity index is 1360. The number of thiophene rings is 1. The highest BCUT2D eigenvalue weighted by molar-refractivity contribution is 9.10. The Morgan fingerprint density at radius 3 is 2.03 bits per heavy atom. The Morgan fingerprint density at radius 1 is 0.733 bits per heavy atom. The van der Waals surface area contributed by atoms with Crippen molar-refractivity contribution in [2.45, 2.75) is 6.92 Å². The third kappa shape index (κ3) is 3.45. The normalized spacial score (nSPS) is 11.1. The molecule has 0 N–H and O–H groups in total. The fourth-order valence-electron chi connectivity index (χ4n) is 3.89.